The number of hydrogen-bond acceptors (Lipinski definition) is 6. The van der Waals surface area contributed by atoms with E-state index in [-0.39, 0.29) is 11.6 Å². The minimum absolute atomic E-state index is 0.0692. The zero-order valence-electron chi connectivity index (χ0n) is 19.5. The van der Waals surface area contributed by atoms with E-state index in [1.54, 1.807) is 37.7 Å². The molecule has 0 saturated carbocycles. The van der Waals surface area contributed by atoms with Crippen molar-refractivity contribution in [2.45, 2.75) is 13.5 Å². The fourth-order valence-corrected chi connectivity index (χ4v) is 4.23. The van der Waals surface area contributed by atoms with Gasteiger partial charge in [0.15, 0.2) is 5.76 Å². The Bertz CT molecular complexity index is 1570. The number of carbonyl (C=O) groups excluding carboxylic acids is 2. The molecule has 1 N–H and O–H groups in total. The molecule has 0 aliphatic carbocycles. The Kier molecular flexibility index (Phi) is 6.26. The van der Waals surface area contributed by atoms with Gasteiger partial charge in [-0.1, -0.05) is 23.7 Å². The summed E-state index contributed by atoms with van der Waals surface area (Å²) in [4.78, 5) is 34.4. The van der Waals surface area contributed by atoms with E-state index in [9.17, 15) is 9.59 Å². The van der Waals surface area contributed by atoms with Crippen molar-refractivity contribution in [3.63, 3.8) is 0 Å². The third-order valence-electron chi connectivity index (χ3n) is 5.91. The van der Waals surface area contributed by atoms with Crippen LogP contribution in [0.15, 0.2) is 77.6 Å². The lowest BCUT2D eigenvalue weighted by atomic mass is 10.1. The summed E-state index contributed by atoms with van der Waals surface area (Å²) < 4.78 is 13.0. The third kappa shape index (κ3) is 4.46. The van der Waals surface area contributed by atoms with E-state index in [1.807, 2.05) is 47.9 Å². The number of Topliss-reactive ketones (excluding diaryl/α,β-unsaturated/α-hetero) is 1. The Labute approximate surface area is 211 Å². The maximum atomic E-state index is 13.4. The van der Waals surface area contributed by atoms with Gasteiger partial charge in [-0.3, -0.25) is 19.9 Å². The van der Waals surface area contributed by atoms with Crippen molar-refractivity contribution in [1.29, 1.82) is 0 Å². The lowest BCUT2D eigenvalue weighted by molar-refractivity contribution is -0.112. The number of oxazole rings is 1. The van der Waals surface area contributed by atoms with Crippen molar-refractivity contribution in [3.8, 4) is 17.1 Å². The topological polar surface area (TPSA) is 99.2 Å². The molecule has 0 spiro atoms. The summed E-state index contributed by atoms with van der Waals surface area (Å²) in [5, 5.41) is 3.74. The van der Waals surface area contributed by atoms with Crippen LogP contribution in [0.5, 0.6) is 5.75 Å². The fourth-order valence-electron chi connectivity index (χ4n) is 4.10. The predicted octanol–water partition coefficient (Wildman–Crippen LogP) is 5.53. The lowest BCUT2D eigenvalue weighted by Crippen LogP contribution is -2.23. The van der Waals surface area contributed by atoms with Gasteiger partial charge in [-0.15, -0.1) is 0 Å². The second-order valence-electron chi connectivity index (χ2n) is 8.10. The molecule has 9 heteroatoms. The smallest absolute Gasteiger partial charge is 0.302 e. The number of fused-ring (bicyclic) bond motifs is 1. The fraction of sp³-hybridized carbons (Fsp3) is 0.111. The quantitative estimate of drug-likeness (QED) is 0.233. The Balaban J connectivity index is 1.48. The molecule has 0 aliphatic rings. The average molecular weight is 501 g/mol. The van der Waals surface area contributed by atoms with Gasteiger partial charge in [0.2, 0.25) is 0 Å². The van der Waals surface area contributed by atoms with Gasteiger partial charge in [-0.25, -0.2) is 4.98 Å². The molecule has 0 bridgehead atoms. The molecule has 1 amide bonds. The largest absolute Gasteiger partial charge is 0.497 e. The van der Waals surface area contributed by atoms with E-state index in [2.05, 4.69) is 15.3 Å². The summed E-state index contributed by atoms with van der Waals surface area (Å²) in [6, 6.07) is 16.4. The van der Waals surface area contributed by atoms with Crippen LogP contribution in [-0.2, 0) is 11.3 Å². The van der Waals surface area contributed by atoms with Crippen molar-refractivity contribution in [2.75, 3.05) is 12.4 Å². The van der Waals surface area contributed by atoms with Crippen molar-refractivity contribution in [2.24, 2.45) is 0 Å². The lowest BCUT2D eigenvalue weighted by Gasteiger charge is -2.09. The first-order valence-electron chi connectivity index (χ1n) is 11.1. The summed E-state index contributed by atoms with van der Waals surface area (Å²) in [7, 11) is 1.55. The number of carbonyl (C=O) groups is 2. The molecule has 180 valence electrons. The number of hydrogen-bond donors (Lipinski definition) is 1. The SMILES string of the molecule is COc1ccc2c(c1)c(C(=O)C(=O)Nc1ncc(-c3ccncc3)o1)c(C)n2Cc1ccc(Cl)cc1. The summed E-state index contributed by atoms with van der Waals surface area (Å²) in [6.45, 7) is 2.31. The van der Waals surface area contributed by atoms with E-state index in [4.69, 9.17) is 20.8 Å². The van der Waals surface area contributed by atoms with Crippen molar-refractivity contribution in [1.82, 2.24) is 14.5 Å². The van der Waals surface area contributed by atoms with E-state index in [0.717, 1.165) is 16.6 Å². The number of nitrogens with zero attached hydrogens (tertiary/aromatic N) is 3. The molecular weight excluding hydrogens is 480 g/mol. The van der Waals surface area contributed by atoms with Gasteiger partial charge in [0.25, 0.3) is 11.7 Å². The summed E-state index contributed by atoms with van der Waals surface area (Å²) in [5.74, 6) is -0.533. The molecule has 0 saturated heterocycles. The predicted molar refractivity (Wildman–Crippen MR) is 136 cm³/mol. The van der Waals surface area contributed by atoms with E-state index in [0.29, 0.717) is 34.2 Å². The van der Waals surface area contributed by atoms with E-state index in [1.165, 1.54) is 6.20 Å². The molecule has 0 fully saturated rings. The average Bonchev–Trinajstić information content (AvgIpc) is 3.47. The van der Waals surface area contributed by atoms with Crippen LogP contribution in [0.3, 0.4) is 0 Å². The zero-order chi connectivity index (χ0) is 25.2. The Morgan fingerprint density at radius 1 is 1.08 bits per heavy atom. The first-order valence-corrected chi connectivity index (χ1v) is 11.5. The van der Waals surface area contributed by atoms with Crippen LogP contribution < -0.4 is 10.1 Å². The number of aromatic nitrogens is 3. The number of nitrogens with one attached hydrogen (secondary N) is 1. The second kappa shape index (κ2) is 9.67. The van der Waals surface area contributed by atoms with E-state index >= 15 is 0 Å². The zero-order valence-corrected chi connectivity index (χ0v) is 20.2. The highest BCUT2D eigenvalue weighted by atomic mass is 35.5. The number of ketones is 1. The van der Waals surface area contributed by atoms with Gasteiger partial charge in [-0.2, -0.15) is 0 Å². The molecule has 5 rings (SSSR count). The molecule has 0 aliphatic heterocycles. The van der Waals surface area contributed by atoms with Gasteiger partial charge in [-0.05, 0) is 55.0 Å². The van der Waals surface area contributed by atoms with Crippen molar-refractivity contribution < 1.29 is 18.7 Å². The van der Waals surface area contributed by atoms with Gasteiger partial charge >= 0.3 is 6.01 Å². The highest BCUT2D eigenvalue weighted by Gasteiger charge is 2.27. The first kappa shape index (κ1) is 23.3. The van der Waals surface area contributed by atoms with Crippen molar-refractivity contribution >= 4 is 40.2 Å². The van der Waals surface area contributed by atoms with Gasteiger partial charge < -0.3 is 13.7 Å². The molecule has 36 heavy (non-hydrogen) atoms. The van der Waals surface area contributed by atoms with Gasteiger partial charge in [0.1, 0.15) is 5.75 Å². The van der Waals surface area contributed by atoms with Gasteiger partial charge in [0.05, 0.1) is 18.9 Å². The van der Waals surface area contributed by atoms with Gasteiger partial charge in [0, 0.05) is 46.1 Å². The number of methoxy groups -OCH3 is 1. The van der Waals surface area contributed by atoms with Crippen LogP contribution in [0.2, 0.25) is 5.02 Å². The number of pyridine rings is 1. The monoisotopic (exact) mass is 500 g/mol. The molecular formula is C27H21ClN4O4. The Hall–Kier alpha value is -4.43. The van der Waals surface area contributed by atoms with Crippen LogP contribution >= 0.6 is 11.6 Å². The highest BCUT2D eigenvalue weighted by Crippen LogP contribution is 2.31. The van der Waals surface area contributed by atoms with E-state index < -0.39 is 11.7 Å². The minimum Gasteiger partial charge on any atom is -0.497 e. The molecule has 0 atom stereocenters. The Morgan fingerprint density at radius 3 is 2.56 bits per heavy atom. The second-order valence-corrected chi connectivity index (χ2v) is 8.54. The minimum atomic E-state index is -0.852. The number of amides is 1. The highest BCUT2D eigenvalue weighted by molar-refractivity contribution is 6.48. The maximum Gasteiger partial charge on any atom is 0.302 e. The third-order valence-corrected chi connectivity index (χ3v) is 6.16. The van der Waals surface area contributed by atoms with Crippen molar-refractivity contribution in [3.05, 3.63) is 95.0 Å². The summed E-state index contributed by atoms with van der Waals surface area (Å²) in [5.41, 5.74) is 3.49. The van der Waals surface area contributed by atoms with Crippen LogP contribution in [-0.4, -0.2) is 33.3 Å². The van der Waals surface area contributed by atoms with Crippen LogP contribution in [0, 0.1) is 6.92 Å². The maximum absolute atomic E-state index is 13.4. The van der Waals surface area contributed by atoms with Crippen LogP contribution in [0.4, 0.5) is 6.01 Å². The molecule has 3 heterocycles. The molecule has 2 aromatic carbocycles. The Morgan fingerprint density at radius 2 is 1.83 bits per heavy atom. The number of benzene rings is 2. The molecule has 3 aromatic heterocycles. The number of ether oxygens (including phenoxy) is 1. The number of halogens is 1. The number of rotatable bonds is 7. The van der Waals surface area contributed by atoms with Crippen LogP contribution in [0.25, 0.3) is 22.2 Å². The molecule has 0 unspecified atom stereocenters. The summed E-state index contributed by atoms with van der Waals surface area (Å²) >= 11 is 6.03. The van der Waals surface area contributed by atoms with Crippen LogP contribution in [0.1, 0.15) is 21.6 Å². The molecule has 0 radical (unpaired) electrons. The number of anilines is 1. The standard InChI is InChI=1S/C27H21ClN4O4/c1-16-24(25(33)26(34)31-27-30-14-23(36-27)18-9-11-29-12-10-18)21-13-20(35-2)7-8-22(21)32(16)15-17-3-5-19(28)6-4-17/h3-14H,15H2,1-2H3,(H,30,31,34). The normalized spacial score (nSPS) is 11.0. The first-order chi connectivity index (χ1) is 17.4. The summed E-state index contributed by atoms with van der Waals surface area (Å²) in [6.07, 6.45) is 4.72. The molecule has 8 nitrogen and oxygen atoms in total. The molecule has 5 aromatic rings.